The van der Waals surface area contributed by atoms with Gasteiger partial charge in [0.2, 0.25) is 0 Å². The highest BCUT2D eigenvalue weighted by molar-refractivity contribution is 5.35. The molecule has 3 N–H and O–H groups in total. The van der Waals surface area contributed by atoms with Crippen LogP contribution in [0.25, 0.3) is 0 Å². The van der Waals surface area contributed by atoms with Crippen LogP contribution in [0.3, 0.4) is 0 Å². The smallest absolute Gasteiger partial charge is 0.0284 e. The predicted octanol–water partition coefficient (Wildman–Crippen LogP) is 3.77. The maximum Gasteiger partial charge on any atom is 0.0284 e. The van der Waals surface area contributed by atoms with E-state index < -0.39 is 0 Å². The molecule has 1 saturated carbocycles. The van der Waals surface area contributed by atoms with Crippen molar-refractivity contribution in [3.05, 3.63) is 34.9 Å². The van der Waals surface area contributed by atoms with Gasteiger partial charge in [0.25, 0.3) is 0 Å². The molecule has 21 heavy (non-hydrogen) atoms. The Labute approximate surface area is 129 Å². The second-order valence-electron chi connectivity index (χ2n) is 7.77. The van der Waals surface area contributed by atoms with E-state index in [2.05, 4.69) is 37.5 Å². The van der Waals surface area contributed by atoms with Crippen LogP contribution >= 0.6 is 0 Å². The molecule has 0 saturated heterocycles. The molecule has 0 spiro atoms. The minimum Gasteiger partial charge on any atom is -0.271 e. The molecule has 2 nitrogen and oxygen atoms in total. The maximum atomic E-state index is 5.94. The molecule has 0 bridgehead atoms. The molecule has 2 heteroatoms. The molecule has 1 fully saturated rings. The van der Waals surface area contributed by atoms with Crippen LogP contribution in [0.1, 0.15) is 62.6 Å². The first-order valence-electron chi connectivity index (χ1n) is 8.67. The third-order valence-electron chi connectivity index (χ3n) is 5.91. The van der Waals surface area contributed by atoms with E-state index in [1.807, 2.05) is 0 Å². The van der Waals surface area contributed by atoms with Gasteiger partial charge < -0.3 is 0 Å². The molecule has 2 aliphatic rings. The van der Waals surface area contributed by atoms with E-state index in [1.165, 1.54) is 50.5 Å². The molecule has 0 radical (unpaired) electrons. The summed E-state index contributed by atoms with van der Waals surface area (Å²) in [6, 6.07) is 7.50. The summed E-state index contributed by atoms with van der Waals surface area (Å²) in [5, 5.41) is 0. The minimum atomic E-state index is 0.403. The highest BCUT2D eigenvalue weighted by Crippen LogP contribution is 2.42. The number of hydrazine groups is 1. The molecule has 1 aromatic carbocycles. The quantitative estimate of drug-likeness (QED) is 0.653. The lowest BCUT2D eigenvalue weighted by Crippen LogP contribution is -2.48. The van der Waals surface area contributed by atoms with Crippen molar-refractivity contribution in [1.82, 2.24) is 5.43 Å². The van der Waals surface area contributed by atoms with E-state index in [0.717, 1.165) is 6.42 Å². The molecule has 2 atom stereocenters. The molecule has 2 unspecified atom stereocenters. The summed E-state index contributed by atoms with van der Waals surface area (Å²) in [6.45, 7) is 4.84. The van der Waals surface area contributed by atoms with Gasteiger partial charge in [0.1, 0.15) is 0 Å². The monoisotopic (exact) mass is 286 g/mol. The zero-order valence-corrected chi connectivity index (χ0v) is 13.6. The fourth-order valence-corrected chi connectivity index (χ4v) is 4.59. The van der Waals surface area contributed by atoms with Crippen LogP contribution < -0.4 is 11.3 Å². The zero-order valence-electron chi connectivity index (χ0n) is 13.6. The van der Waals surface area contributed by atoms with Crippen molar-refractivity contribution in [3.8, 4) is 0 Å². The van der Waals surface area contributed by atoms with Crippen LogP contribution in [-0.2, 0) is 19.3 Å². The Morgan fingerprint density at radius 3 is 2.76 bits per heavy atom. The Morgan fingerprint density at radius 2 is 2.00 bits per heavy atom. The normalized spacial score (nSPS) is 25.6. The van der Waals surface area contributed by atoms with E-state index in [-0.39, 0.29) is 0 Å². The lowest BCUT2D eigenvalue weighted by Gasteiger charge is -2.43. The van der Waals surface area contributed by atoms with Gasteiger partial charge in [-0.1, -0.05) is 44.9 Å². The van der Waals surface area contributed by atoms with Gasteiger partial charge >= 0.3 is 0 Å². The van der Waals surface area contributed by atoms with Crippen LogP contribution in [0, 0.1) is 11.3 Å². The van der Waals surface area contributed by atoms with Gasteiger partial charge in [-0.15, -0.1) is 0 Å². The number of fused-ring (bicyclic) bond motifs is 1. The minimum absolute atomic E-state index is 0.403. The summed E-state index contributed by atoms with van der Waals surface area (Å²) in [4.78, 5) is 0. The summed E-state index contributed by atoms with van der Waals surface area (Å²) >= 11 is 0. The van der Waals surface area contributed by atoms with E-state index >= 15 is 0 Å². The number of hydrogen-bond acceptors (Lipinski definition) is 2. The lowest BCUT2D eigenvalue weighted by atomic mass is 9.65. The standard InChI is InChI=1S/C19H30N2/c1-19(2)11-4-3-8-17(19)18(21-20)13-14-9-10-15-6-5-7-16(15)12-14/h9-10,12,17-18,21H,3-8,11,13,20H2,1-2H3. The van der Waals surface area contributed by atoms with Crippen molar-refractivity contribution in [2.24, 2.45) is 17.2 Å². The number of rotatable bonds is 4. The number of nitrogens with two attached hydrogens (primary N) is 1. The fraction of sp³-hybridized carbons (Fsp3) is 0.684. The Balaban J connectivity index is 1.75. The van der Waals surface area contributed by atoms with Crippen molar-refractivity contribution in [2.45, 2.75) is 71.3 Å². The van der Waals surface area contributed by atoms with E-state index in [0.29, 0.717) is 17.4 Å². The Morgan fingerprint density at radius 1 is 1.19 bits per heavy atom. The van der Waals surface area contributed by atoms with Crippen molar-refractivity contribution in [2.75, 3.05) is 0 Å². The molecule has 0 aliphatic heterocycles. The van der Waals surface area contributed by atoms with Crippen molar-refractivity contribution in [1.29, 1.82) is 0 Å². The predicted molar refractivity (Wildman–Crippen MR) is 89.0 cm³/mol. The third kappa shape index (κ3) is 3.17. The Hall–Kier alpha value is -0.860. The second kappa shape index (κ2) is 6.10. The second-order valence-corrected chi connectivity index (χ2v) is 7.77. The van der Waals surface area contributed by atoms with Crippen molar-refractivity contribution >= 4 is 0 Å². The average molecular weight is 286 g/mol. The molecular formula is C19H30N2. The van der Waals surface area contributed by atoms with Crippen LogP contribution in [0.15, 0.2) is 18.2 Å². The molecule has 116 valence electrons. The van der Waals surface area contributed by atoms with Gasteiger partial charge in [-0.3, -0.25) is 11.3 Å². The first-order valence-corrected chi connectivity index (χ1v) is 8.67. The molecular weight excluding hydrogens is 256 g/mol. The van der Waals surface area contributed by atoms with E-state index in [1.54, 1.807) is 11.1 Å². The highest BCUT2D eigenvalue weighted by atomic mass is 15.2. The lowest BCUT2D eigenvalue weighted by molar-refractivity contribution is 0.0982. The molecule has 1 aromatic rings. The zero-order chi connectivity index (χ0) is 14.9. The number of nitrogens with one attached hydrogen (secondary N) is 1. The fourth-order valence-electron chi connectivity index (χ4n) is 4.59. The van der Waals surface area contributed by atoms with Gasteiger partial charge in [-0.25, -0.2) is 0 Å². The van der Waals surface area contributed by atoms with Crippen molar-refractivity contribution in [3.63, 3.8) is 0 Å². The number of hydrogen-bond donors (Lipinski definition) is 2. The maximum absolute atomic E-state index is 5.94. The van der Waals surface area contributed by atoms with Crippen LogP contribution in [0.4, 0.5) is 0 Å². The van der Waals surface area contributed by atoms with Gasteiger partial charge in [-0.05, 0) is 66.5 Å². The summed E-state index contributed by atoms with van der Waals surface area (Å²) < 4.78 is 0. The van der Waals surface area contributed by atoms with Crippen LogP contribution in [-0.4, -0.2) is 6.04 Å². The largest absolute Gasteiger partial charge is 0.271 e. The molecule has 3 rings (SSSR count). The summed E-state index contributed by atoms with van der Waals surface area (Å²) in [7, 11) is 0. The van der Waals surface area contributed by atoms with Crippen LogP contribution in [0.5, 0.6) is 0 Å². The topological polar surface area (TPSA) is 38.0 Å². The average Bonchev–Trinajstić information content (AvgIpc) is 2.92. The van der Waals surface area contributed by atoms with Gasteiger partial charge in [-0.2, -0.15) is 0 Å². The molecule has 0 aromatic heterocycles. The Bertz CT molecular complexity index is 492. The molecule has 0 heterocycles. The summed E-state index contributed by atoms with van der Waals surface area (Å²) in [6.07, 6.45) is 10.3. The van der Waals surface area contributed by atoms with Gasteiger partial charge in [0.15, 0.2) is 0 Å². The molecule has 2 aliphatic carbocycles. The van der Waals surface area contributed by atoms with Gasteiger partial charge in [0, 0.05) is 6.04 Å². The number of benzene rings is 1. The van der Waals surface area contributed by atoms with Crippen molar-refractivity contribution < 1.29 is 0 Å². The van der Waals surface area contributed by atoms with E-state index in [4.69, 9.17) is 5.84 Å². The first kappa shape index (κ1) is 15.1. The Kier molecular flexibility index (Phi) is 4.37. The first-order chi connectivity index (χ1) is 10.1. The highest BCUT2D eigenvalue weighted by Gasteiger charge is 2.37. The third-order valence-corrected chi connectivity index (χ3v) is 5.91. The van der Waals surface area contributed by atoms with Gasteiger partial charge in [0.05, 0.1) is 0 Å². The number of aryl methyl sites for hydroxylation is 2. The van der Waals surface area contributed by atoms with E-state index in [9.17, 15) is 0 Å². The SMILES string of the molecule is CC1(C)CCCCC1C(Cc1ccc2c(c1)CCC2)NN. The summed E-state index contributed by atoms with van der Waals surface area (Å²) in [5.74, 6) is 6.62. The molecule has 0 amide bonds. The van der Waals surface area contributed by atoms with Crippen LogP contribution in [0.2, 0.25) is 0 Å². The summed E-state index contributed by atoms with van der Waals surface area (Å²) in [5.41, 5.74) is 8.15.